The molecule has 0 rings (SSSR count). The molecule has 26 heavy (non-hydrogen) atoms. The van der Waals surface area contributed by atoms with Crippen LogP contribution in [0.1, 0.15) is 67.2 Å². The molecule has 4 atom stereocenters. The molecule has 0 aliphatic heterocycles. The van der Waals surface area contributed by atoms with Gasteiger partial charge >= 0.3 is 18.0 Å². The van der Waals surface area contributed by atoms with Gasteiger partial charge in [0.2, 0.25) is 0 Å². The Morgan fingerprint density at radius 3 is 2.12 bits per heavy atom. The molecule has 0 bridgehead atoms. The molecule has 0 heterocycles. The van der Waals surface area contributed by atoms with Crippen molar-refractivity contribution in [3.05, 3.63) is 0 Å². The number of hydrogen-bond donors (Lipinski definition) is 2. The van der Waals surface area contributed by atoms with E-state index in [0.717, 1.165) is 12.8 Å². The molecule has 152 valence electrons. The topological polar surface area (TPSA) is 102 Å². The first kappa shape index (κ1) is 24.2. The molecule has 1 amide bonds. The predicted molar refractivity (Wildman–Crippen MR) is 98.5 cm³/mol. The Hall–Kier alpha value is -1.79. The number of hydrogen-bond acceptors (Lipinski definition) is 5. The van der Waals surface area contributed by atoms with Gasteiger partial charge in [-0.25, -0.2) is 4.79 Å². The summed E-state index contributed by atoms with van der Waals surface area (Å²) in [5.41, 5.74) is 0. The van der Waals surface area contributed by atoms with Gasteiger partial charge in [0.25, 0.3) is 6.29 Å². The predicted octanol–water partition coefficient (Wildman–Crippen LogP) is 3.81. The number of carbonyl (C=O) groups excluding carboxylic acids is 2. The third kappa shape index (κ3) is 9.63. The maximum Gasteiger partial charge on any atom is 0.410 e. The van der Waals surface area contributed by atoms with Crippen LogP contribution >= 0.6 is 0 Å². The monoisotopic (exact) mass is 373 g/mol. The number of esters is 1. The SMILES string of the molecule is CCC[C@@H](C)[C@@H](C)[C@H](CNC(=O)O[C@@H](OC(=O)CC)C(C)C)CC(=O)O. The first-order valence-electron chi connectivity index (χ1n) is 9.47. The quantitative estimate of drug-likeness (QED) is 0.398. The van der Waals surface area contributed by atoms with E-state index in [-0.39, 0.29) is 37.1 Å². The van der Waals surface area contributed by atoms with Crippen LogP contribution in [0.3, 0.4) is 0 Å². The van der Waals surface area contributed by atoms with Crippen LogP contribution < -0.4 is 5.32 Å². The smallest absolute Gasteiger partial charge is 0.410 e. The van der Waals surface area contributed by atoms with Crippen molar-refractivity contribution in [2.24, 2.45) is 23.7 Å². The summed E-state index contributed by atoms with van der Waals surface area (Å²) in [6, 6.07) is 0. The van der Waals surface area contributed by atoms with Crippen molar-refractivity contribution in [3.8, 4) is 0 Å². The second-order valence-corrected chi connectivity index (χ2v) is 7.23. The zero-order valence-electron chi connectivity index (χ0n) is 16.9. The lowest BCUT2D eigenvalue weighted by molar-refractivity contribution is -0.174. The molecule has 0 aliphatic rings. The lowest BCUT2D eigenvalue weighted by Crippen LogP contribution is -2.39. The molecule has 0 radical (unpaired) electrons. The van der Waals surface area contributed by atoms with Crippen molar-refractivity contribution in [2.75, 3.05) is 6.54 Å². The molecule has 0 aliphatic carbocycles. The molecule has 0 aromatic heterocycles. The van der Waals surface area contributed by atoms with Crippen LogP contribution in [0.2, 0.25) is 0 Å². The number of nitrogens with one attached hydrogen (secondary N) is 1. The first-order valence-corrected chi connectivity index (χ1v) is 9.47. The zero-order chi connectivity index (χ0) is 20.3. The summed E-state index contributed by atoms with van der Waals surface area (Å²) in [7, 11) is 0. The molecule has 7 nitrogen and oxygen atoms in total. The molecule has 0 saturated carbocycles. The molecule has 7 heteroatoms. The molecular formula is C19H35NO6. The first-order chi connectivity index (χ1) is 12.1. The van der Waals surface area contributed by atoms with Gasteiger partial charge in [-0.3, -0.25) is 9.59 Å². The Kier molecular flexibility index (Phi) is 11.7. The summed E-state index contributed by atoms with van der Waals surface area (Å²) >= 11 is 0. The van der Waals surface area contributed by atoms with E-state index in [1.165, 1.54) is 0 Å². The van der Waals surface area contributed by atoms with Crippen molar-refractivity contribution in [1.29, 1.82) is 0 Å². The van der Waals surface area contributed by atoms with E-state index in [2.05, 4.69) is 19.2 Å². The van der Waals surface area contributed by atoms with Gasteiger partial charge in [-0.15, -0.1) is 0 Å². The Labute approximate surface area is 156 Å². The average molecular weight is 373 g/mol. The standard InChI is InChI=1S/C19H35NO6/c1-7-9-13(5)14(6)15(10-16(21)22)11-20-19(24)26-18(12(3)4)25-17(23)8-2/h12-15,18H,7-11H2,1-6H3,(H,20,24)(H,21,22)/t13-,14-,15+,18-/m1/s1. The molecule has 2 N–H and O–H groups in total. The van der Waals surface area contributed by atoms with Gasteiger partial charge in [0.1, 0.15) is 0 Å². The van der Waals surface area contributed by atoms with E-state index in [0.29, 0.717) is 5.92 Å². The Morgan fingerprint density at radius 2 is 1.65 bits per heavy atom. The molecule has 0 aromatic carbocycles. The molecule has 0 spiro atoms. The summed E-state index contributed by atoms with van der Waals surface area (Å²) in [5, 5.41) is 11.8. The third-order valence-electron chi connectivity index (χ3n) is 4.63. The number of aliphatic carboxylic acids is 1. The van der Waals surface area contributed by atoms with E-state index in [4.69, 9.17) is 14.6 Å². The average Bonchev–Trinajstić information content (AvgIpc) is 2.56. The Balaban J connectivity index is 4.75. The second-order valence-electron chi connectivity index (χ2n) is 7.23. The van der Waals surface area contributed by atoms with Gasteiger partial charge in [-0.05, 0) is 17.8 Å². The van der Waals surface area contributed by atoms with E-state index >= 15 is 0 Å². The van der Waals surface area contributed by atoms with Gasteiger partial charge in [-0.1, -0.05) is 54.4 Å². The molecular weight excluding hydrogens is 338 g/mol. The molecule has 0 saturated heterocycles. The molecule has 0 aromatic rings. The van der Waals surface area contributed by atoms with Crippen LogP contribution in [0.4, 0.5) is 4.79 Å². The van der Waals surface area contributed by atoms with Gasteiger partial charge in [-0.2, -0.15) is 0 Å². The number of ether oxygens (including phenoxy) is 2. The lowest BCUT2D eigenvalue weighted by atomic mass is 9.80. The largest absolute Gasteiger partial charge is 0.481 e. The van der Waals surface area contributed by atoms with E-state index < -0.39 is 24.3 Å². The van der Waals surface area contributed by atoms with Crippen LogP contribution in [0.25, 0.3) is 0 Å². The number of carboxylic acids is 1. The van der Waals surface area contributed by atoms with Crippen LogP contribution in [0.5, 0.6) is 0 Å². The number of amides is 1. The van der Waals surface area contributed by atoms with E-state index in [1.54, 1.807) is 20.8 Å². The zero-order valence-corrected chi connectivity index (χ0v) is 16.9. The fourth-order valence-electron chi connectivity index (χ4n) is 2.72. The van der Waals surface area contributed by atoms with Gasteiger partial charge in [0.15, 0.2) is 0 Å². The van der Waals surface area contributed by atoms with Crippen molar-refractivity contribution in [1.82, 2.24) is 5.32 Å². The number of carboxylic acid groups (broad SMARTS) is 1. The highest BCUT2D eigenvalue weighted by molar-refractivity contribution is 5.70. The minimum absolute atomic E-state index is 0.0199. The Bertz CT molecular complexity index is 451. The minimum Gasteiger partial charge on any atom is -0.481 e. The van der Waals surface area contributed by atoms with Gasteiger partial charge in [0.05, 0.1) is 6.42 Å². The van der Waals surface area contributed by atoms with Gasteiger partial charge in [0, 0.05) is 18.9 Å². The number of carbonyl (C=O) groups is 3. The van der Waals surface area contributed by atoms with E-state index in [1.807, 2.05) is 6.92 Å². The summed E-state index contributed by atoms with van der Waals surface area (Å²) in [5.74, 6) is -1.21. The van der Waals surface area contributed by atoms with Crippen LogP contribution in [-0.4, -0.2) is 36.0 Å². The number of alkyl carbamates (subject to hydrolysis) is 1. The molecule has 0 unspecified atom stereocenters. The second kappa shape index (κ2) is 12.5. The normalized spacial score (nSPS) is 15.7. The summed E-state index contributed by atoms with van der Waals surface area (Å²) in [4.78, 5) is 34.6. The van der Waals surface area contributed by atoms with Crippen molar-refractivity contribution < 1.29 is 29.0 Å². The fraction of sp³-hybridized carbons (Fsp3) is 0.842. The fourth-order valence-corrected chi connectivity index (χ4v) is 2.72. The lowest BCUT2D eigenvalue weighted by Gasteiger charge is -2.28. The summed E-state index contributed by atoms with van der Waals surface area (Å²) < 4.78 is 10.3. The summed E-state index contributed by atoms with van der Waals surface area (Å²) in [6.45, 7) is 11.6. The summed E-state index contributed by atoms with van der Waals surface area (Å²) in [6.07, 6.45) is 0.537. The number of rotatable bonds is 12. The third-order valence-corrected chi connectivity index (χ3v) is 4.63. The van der Waals surface area contributed by atoms with E-state index in [9.17, 15) is 14.4 Å². The highest BCUT2D eigenvalue weighted by Gasteiger charge is 2.27. The molecule has 0 fully saturated rings. The maximum absolute atomic E-state index is 12.1. The maximum atomic E-state index is 12.1. The Morgan fingerprint density at radius 1 is 1.04 bits per heavy atom. The van der Waals surface area contributed by atoms with Crippen molar-refractivity contribution >= 4 is 18.0 Å². The van der Waals surface area contributed by atoms with Crippen molar-refractivity contribution in [3.63, 3.8) is 0 Å². The van der Waals surface area contributed by atoms with Crippen LogP contribution in [0, 0.1) is 23.7 Å². The minimum atomic E-state index is -0.961. The highest BCUT2D eigenvalue weighted by Crippen LogP contribution is 2.26. The highest BCUT2D eigenvalue weighted by atomic mass is 16.7. The van der Waals surface area contributed by atoms with Crippen LogP contribution in [0.15, 0.2) is 0 Å². The van der Waals surface area contributed by atoms with Crippen molar-refractivity contribution in [2.45, 2.75) is 73.5 Å². The van der Waals surface area contributed by atoms with Crippen LogP contribution in [-0.2, 0) is 19.1 Å². The van der Waals surface area contributed by atoms with Gasteiger partial charge < -0.3 is 19.9 Å².